The second-order valence-corrected chi connectivity index (χ2v) is 8.03. The Hall–Kier alpha value is -4.13. The van der Waals surface area contributed by atoms with E-state index in [0.717, 1.165) is 34.3 Å². The molecule has 0 saturated carbocycles. The first kappa shape index (κ1) is 20.8. The summed E-state index contributed by atoms with van der Waals surface area (Å²) in [4.78, 5) is 34.0. The van der Waals surface area contributed by atoms with E-state index in [1.807, 2.05) is 60.7 Å². The fourth-order valence-corrected chi connectivity index (χ4v) is 4.15. The Kier molecular flexibility index (Phi) is 5.76. The molecule has 0 bridgehead atoms. The highest BCUT2D eigenvalue weighted by Gasteiger charge is 2.22. The number of imidazole rings is 1. The third-order valence-electron chi connectivity index (χ3n) is 5.79. The molecule has 1 saturated heterocycles. The zero-order valence-electron chi connectivity index (χ0n) is 18.0. The van der Waals surface area contributed by atoms with Crippen LogP contribution in [0.1, 0.15) is 30.0 Å². The number of carbonyl (C=O) groups excluding carboxylic acids is 2. The van der Waals surface area contributed by atoms with Crippen LogP contribution in [0.3, 0.4) is 0 Å². The van der Waals surface area contributed by atoms with Crippen LogP contribution in [-0.2, 0) is 9.59 Å². The van der Waals surface area contributed by atoms with Crippen LogP contribution >= 0.6 is 0 Å². The van der Waals surface area contributed by atoms with Gasteiger partial charge in [0.1, 0.15) is 5.75 Å². The smallest absolute Gasteiger partial charge is 0.258 e. The molecule has 1 aromatic heterocycles. The number of hydrogen-bond acceptors (Lipinski definition) is 4. The summed E-state index contributed by atoms with van der Waals surface area (Å²) in [6.07, 6.45) is 3.08. The number of ether oxygens (including phenoxy) is 1. The first-order valence-corrected chi connectivity index (χ1v) is 11.0. The fourth-order valence-electron chi connectivity index (χ4n) is 4.15. The van der Waals surface area contributed by atoms with Crippen LogP contribution in [0.25, 0.3) is 11.0 Å². The van der Waals surface area contributed by atoms with E-state index in [1.165, 1.54) is 0 Å². The fraction of sp³-hybridized carbons (Fsp3) is 0.192. The molecule has 1 aliphatic heterocycles. The summed E-state index contributed by atoms with van der Waals surface area (Å²) in [5.41, 5.74) is 4.49. The Balaban J connectivity index is 1.30. The molecule has 2 amide bonds. The second kappa shape index (κ2) is 9.16. The summed E-state index contributed by atoms with van der Waals surface area (Å²) >= 11 is 0. The number of fused-ring (bicyclic) bond motifs is 1. The van der Waals surface area contributed by atoms with Crippen molar-refractivity contribution in [2.75, 3.05) is 18.1 Å². The molecule has 0 aliphatic carbocycles. The van der Waals surface area contributed by atoms with E-state index in [9.17, 15) is 9.59 Å². The lowest BCUT2D eigenvalue weighted by Gasteiger charge is -2.20. The quantitative estimate of drug-likeness (QED) is 0.455. The minimum Gasteiger partial charge on any atom is -0.484 e. The van der Waals surface area contributed by atoms with Crippen LogP contribution in [0.2, 0.25) is 0 Å². The Morgan fingerprint density at radius 2 is 1.94 bits per heavy atom. The molecule has 7 nitrogen and oxygen atoms in total. The van der Waals surface area contributed by atoms with Gasteiger partial charge < -0.3 is 19.9 Å². The molecule has 0 radical (unpaired) electrons. The van der Waals surface area contributed by atoms with E-state index in [2.05, 4.69) is 15.3 Å². The Bertz CT molecular complexity index is 1280. The van der Waals surface area contributed by atoms with Crippen LogP contribution in [0.4, 0.5) is 5.69 Å². The molecular weight excluding hydrogens is 416 g/mol. The molecule has 2 heterocycles. The largest absolute Gasteiger partial charge is 0.484 e. The zero-order valence-corrected chi connectivity index (χ0v) is 18.0. The van der Waals surface area contributed by atoms with E-state index in [0.29, 0.717) is 18.7 Å². The van der Waals surface area contributed by atoms with Crippen molar-refractivity contribution >= 4 is 28.5 Å². The van der Waals surface area contributed by atoms with Gasteiger partial charge in [-0.1, -0.05) is 42.5 Å². The average molecular weight is 441 g/mol. The van der Waals surface area contributed by atoms with Crippen molar-refractivity contribution in [1.82, 2.24) is 15.3 Å². The Labute approximate surface area is 191 Å². The maximum Gasteiger partial charge on any atom is 0.258 e. The molecule has 1 unspecified atom stereocenters. The third kappa shape index (κ3) is 4.57. The van der Waals surface area contributed by atoms with E-state index >= 15 is 0 Å². The van der Waals surface area contributed by atoms with E-state index < -0.39 is 0 Å². The average Bonchev–Trinajstić information content (AvgIpc) is 3.50. The van der Waals surface area contributed by atoms with Gasteiger partial charge in [0, 0.05) is 24.7 Å². The third-order valence-corrected chi connectivity index (χ3v) is 5.79. The number of H-pyrrole nitrogens is 1. The lowest BCUT2D eigenvalue weighted by molar-refractivity contribution is -0.123. The van der Waals surface area contributed by atoms with E-state index in [4.69, 9.17) is 4.74 Å². The molecule has 7 heteroatoms. The SMILES string of the molecule is O=C(COc1cccc(N2CCCC2=O)c1)NC(c1ccccc1)c1ccc2nc[nH]c2c1. The van der Waals surface area contributed by atoms with Crippen LogP contribution in [-0.4, -0.2) is 34.9 Å². The van der Waals surface area contributed by atoms with Gasteiger partial charge in [-0.2, -0.15) is 0 Å². The van der Waals surface area contributed by atoms with Gasteiger partial charge in [0.25, 0.3) is 5.91 Å². The Morgan fingerprint density at radius 1 is 1.06 bits per heavy atom. The van der Waals surface area contributed by atoms with Crippen LogP contribution in [0.15, 0.2) is 79.1 Å². The molecule has 33 heavy (non-hydrogen) atoms. The van der Waals surface area contributed by atoms with E-state index in [-0.39, 0.29) is 24.5 Å². The van der Waals surface area contributed by atoms with Crippen molar-refractivity contribution in [3.8, 4) is 5.75 Å². The highest BCUT2D eigenvalue weighted by atomic mass is 16.5. The number of nitrogens with zero attached hydrogens (tertiary/aromatic N) is 2. The Morgan fingerprint density at radius 3 is 2.76 bits per heavy atom. The maximum atomic E-state index is 12.9. The normalized spacial score (nSPS) is 14.4. The topological polar surface area (TPSA) is 87.3 Å². The number of carbonyl (C=O) groups is 2. The predicted molar refractivity (Wildman–Crippen MR) is 126 cm³/mol. The van der Waals surface area contributed by atoms with Gasteiger partial charge in [-0.05, 0) is 41.8 Å². The molecule has 2 N–H and O–H groups in total. The zero-order chi connectivity index (χ0) is 22.6. The summed E-state index contributed by atoms with van der Waals surface area (Å²) in [5.74, 6) is 0.429. The monoisotopic (exact) mass is 440 g/mol. The maximum absolute atomic E-state index is 12.9. The lowest BCUT2D eigenvalue weighted by Crippen LogP contribution is -2.33. The number of nitrogens with one attached hydrogen (secondary N) is 2. The van der Waals surface area contributed by atoms with Gasteiger partial charge in [-0.15, -0.1) is 0 Å². The molecule has 1 atom stereocenters. The number of aromatic nitrogens is 2. The van der Waals surface area contributed by atoms with Crippen molar-refractivity contribution in [3.05, 3.63) is 90.3 Å². The minimum atomic E-state index is -0.330. The van der Waals surface area contributed by atoms with E-state index in [1.54, 1.807) is 23.4 Å². The van der Waals surface area contributed by atoms with Crippen LogP contribution < -0.4 is 15.0 Å². The van der Waals surface area contributed by atoms with Gasteiger partial charge in [0.05, 0.1) is 23.4 Å². The molecule has 166 valence electrons. The highest BCUT2D eigenvalue weighted by Crippen LogP contribution is 2.26. The van der Waals surface area contributed by atoms with Gasteiger partial charge in [0.15, 0.2) is 6.61 Å². The summed E-state index contributed by atoms with van der Waals surface area (Å²) in [5, 5.41) is 3.09. The number of benzene rings is 3. The van der Waals surface area contributed by atoms with Crippen molar-refractivity contribution in [3.63, 3.8) is 0 Å². The number of amides is 2. The molecule has 3 aromatic carbocycles. The highest BCUT2D eigenvalue weighted by molar-refractivity contribution is 5.95. The number of hydrogen-bond donors (Lipinski definition) is 2. The van der Waals surface area contributed by atoms with Crippen molar-refractivity contribution in [2.45, 2.75) is 18.9 Å². The summed E-state index contributed by atoms with van der Waals surface area (Å²) in [7, 11) is 0. The van der Waals surface area contributed by atoms with Crippen molar-refractivity contribution in [2.24, 2.45) is 0 Å². The van der Waals surface area contributed by atoms with Gasteiger partial charge in [-0.25, -0.2) is 4.98 Å². The van der Waals surface area contributed by atoms with Crippen molar-refractivity contribution < 1.29 is 14.3 Å². The van der Waals surface area contributed by atoms with Crippen molar-refractivity contribution in [1.29, 1.82) is 0 Å². The van der Waals surface area contributed by atoms with Gasteiger partial charge in [-0.3, -0.25) is 9.59 Å². The summed E-state index contributed by atoms with van der Waals surface area (Å²) in [6.45, 7) is 0.579. The molecule has 0 spiro atoms. The van der Waals surface area contributed by atoms with Gasteiger partial charge in [0.2, 0.25) is 5.91 Å². The first-order chi connectivity index (χ1) is 16.2. The predicted octanol–water partition coefficient (Wildman–Crippen LogP) is 3.97. The summed E-state index contributed by atoms with van der Waals surface area (Å²) < 4.78 is 5.77. The number of rotatable bonds is 7. The molecular formula is C26H24N4O3. The molecule has 4 aromatic rings. The van der Waals surface area contributed by atoms with Crippen LogP contribution in [0.5, 0.6) is 5.75 Å². The minimum absolute atomic E-state index is 0.116. The lowest BCUT2D eigenvalue weighted by atomic mass is 9.98. The standard InChI is InChI=1S/C26H24N4O3/c31-24(16-33-21-9-4-8-20(15-21)30-13-5-10-25(30)32)29-26(18-6-2-1-3-7-18)19-11-12-22-23(14-19)28-17-27-22/h1-4,6-9,11-12,14-15,17,26H,5,10,13,16H2,(H,27,28)(H,29,31). The molecule has 1 fully saturated rings. The number of anilines is 1. The number of aromatic amines is 1. The second-order valence-electron chi connectivity index (χ2n) is 8.03. The van der Waals surface area contributed by atoms with Gasteiger partial charge >= 0.3 is 0 Å². The first-order valence-electron chi connectivity index (χ1n) is 11.0. The molecule has 1 aliphatic rings. The summed E-state index contributed by atoms with van der Waals surface area (Å²) in [6, 6.07) is 22.7. The van der Waals surface area contributed by atoms with Crippen LogP contribution in [0, 0.1) is 0 Å². The molecule has 5 rings (SSSR count).